The van der Waals surface area contributed by atoms with E-state index in [-0.39, 0.29) is 5.60 Å². The molecular weight excluding hydrogens is 256 g/mol. The molecule has 0 saturated carbocycles. The van der Waals surface area contributed by atoms with Gasteiger partial charge in [0.15, 0.2) is 0 Å². The molecule has 15 heavy (non-hydrogen) atoms. The molecule has 0 bridgehead atoms. The lowest BCUT2D eigenvalue weighted by molar-refractivity contribution is -0.00381. The molecule has 0 radical (unpaired) electrons. The van der Waals surface area contributed by atoms with E-state index in [4.69, 9.17) is 4.74 Å². The van der Waals surface area contributed by atoms with Gasteiger partial charge in [0.1, 0.15) is 11.4 Å². The quantitative estimate of drug-likeness (QED) is 0.847. The number of hydrogen-bond donors (Lipinski definition) is 1. The molecule has 1 aliphatic heterocycles. The Hall–Kier alpha value is -0.540. The molecule has 3 heteroatoms. The molecule has 2 rings (SSSR count). The SMILES string of the molecule is CCC1(C)CC(O)c2cc(Br)ccc2O1. The van der Waals surface area contributed by atoms with Crippen molar-refractivity contribution in [2.24, 2.45) is 0 Å². The maximum absolute atomic E-state index is 10.1. The van der Waals surface area contributed by atoms with Crippen molar-refractivity contribution < 1.29 is 9.84 Å². The summed E-state index contributed by atoms with van der Waals surface area (Å²) in [6, 6.07) is 5.78. The molecule has 0 amide bonds. The summed E-state index contributed by atoms with van der Waals surface area (Å²) < 4.78 is 6.89. The molecule has 1 N–H and O–H groups in total. The zero-order chi connectivity index (χ0) is 11.1. The molecule has 2 atom stereocenters. The molecule has 2 nitrogen and oxygen atoms in total. The molecule has 0 aliphatic carbocycles. The summed E-state index contributed by atoms with van der Waals surface area (Å²) in [6.07, 6.45) is 1.14. The second-order valence-corrected chi connectivity index (χ2v) is 5.22. The zero-order valence-electron chi connectivity index (χ0n) is 8.96. The number of aliphatic hydroxyl groups excluding tert-OH is 1. The van der Waals surface area contributed by atoms with Gasteiger partial charge in [-0.05, 0) is 31.5 Å². The molecule has 82 valence electrons. The maximum Gasteiger partial charge on any atom is 0.126 e. The first-order valence-corrected chi connectivity index (χ1v) is 6.00. The maximum atomic E-state index is 10.1. The highest BCUT2D eigenvalue weighted by atomic mass is 79.9. The fourth-order valence-corrected chi connectivity index (χ4v) is 2.29. The summed E-state index contributed by atoms with van der Waals surface area (Å²) in [7, 11) is 0. The van der Waals surface area contributed by atoms with Crippen LogP contribution in [0.15, 0.2) is 22.7 Å². The number of ether oxygens (including phenoxy) is 1. The van der Waals surface area contributed by atoms with E-state index in [9.17, 15) is 5.11 Å². The molecule has 0 aromatic heterocycles. The van der Waals surface area contributed by atoms with E-state index in [0.29, 0.717) is 6.42 Å². The van der Waals surface area contributed by atoms with Crippen LogP contribution in [-0.4, -0.2) is 10.7 Å². The summed E-state index contributed by atoms with van der Waals surface area (Å²) in [4.78, 5) is 0. The topological polar surface area (TPSA) is 29.5 Å². The minimum Gasteiger partial charge on any atom is -0.487 e. The van der Waals surface area contributed by atoms with E-state index < -0.39 is 6.10 Å². The van der Waals surface area contributed by atoms with Crippen LogP contribution in [-0.2, 0) is 0 Å². The highest BCUT2D eigenvalue weighted by Crippen LogP contribution is 2.41. The van der Waals surface area contributed by atoms with Crippen molar-refractivity contribution in [2.75, 3.05) is 0 Å². The second-order valence-electron chi connectivity index (χ2n) is 4.31. The Kier molecular flexibility index (Phi) is 2.77. The molecule has 0 saturated heterocycles. The van der Waals surface area contributed by atoms with Gasteiger partial charge in [-0.15, -0.1) is 0 Å². The summed E-state index contributed by atoms with van der Waals surface area (Å²) in [6.45, 7) is 4.12. The molecule has 1 aromatic carbocycles. The number of rotatable bonds is 1. The van der Waals surface area contributed by atoms with Gasteiger partial charge in [-0.1, -0.05) is 22.9 Å². The van der Waals surface area contributed by atoms with Gasteiger partial charge in [-0.2, -0.15) is 0 Å². The zero-order valence-corrected chi connectivity index (χ0v) is 10.5. The summed E-state index contributed by atoms with van der Waals surface area (Å²) in [5.41, 5.74) is 0.649. The van der Waals surface area contributed by atoms with Crippen LogP contribution in [0.1, 0.15) is 38.4 Å². The number of halogens is 1. The van der Waals surface area contributed by atoms with Gasteiger partial charge in [-0.3, -0.25) is 0 Å². The number of aliphatic hydroxyl groups is 1. The lowest BCUT2D eigenvalue weighted by Gasteiger charge is -2.37. The summed E-state index contributed by atoms with van der Waals surface area (Å²) in [5.74, 6) is 0.807. The highest BCUT2D eigenvalue weighted by Gasteiger charge is 2.35. The van der Waals surface area contributed by atoms with Crippen molar-refractivity contribution in [2.45, 2.75) is 38.4 Å². The first kappa shape index (κ1) is 11.0. The van der Waals surface area contributed by atoms with Gasteiger partial charge in [0, 0.05) is 16.5 Å². The van der Waals surface area contributed by atoms with Crippen molar-refractivity contribution in [1.82, 2.24) is 0 Å². The van der Waals surface area contributed by atoms with Crippen LogP contribution >= 0.6 is 15.9 Å². The molecular formula is C12H15BrO2. The highest BCUT2D eigenvalue weighted by molar-refractivity contribution is 9.10. The van der Waals surface area contributed by atoms with E-state index in [2.05, 4.69) is 22.9 Å². The van der Waals surface area contributed by atoms with Crippen molar-refractivity contribution >= 4 is 15.9 Å². The monoisotopic (exact) mass is 270 g/mol. The lowest BCUT2D eigenvalue weighted by atomic mass is 9.88. The molecule has 1 aromatic rings. The smallest absolute Gasteiger partial charge is 0.126 e. The van der Waals surface area contributed by atoms with Crippen LogP contribution in [0.25, 0.3) is 0 Å². The third-order valence-electron chi connectivity index (χ3n) is 3.06. The molecule has 0 spiro atoms. The Morgan fingerprint density at radius 2 is 2.33 bits per heavy atom. The molecule has 2 unspecified atom stereocenters. The number of benzene rings is 1. The minimum atomic E-state index is -0.420. The van der Waals surface area contributed by atoms with Gasteiger partial charge < -0.3 is 9.84 Å². The average Bonchev–Trinajstić information content (AvgIpc) is 2.20. The van der Waals surface area contributed by atoms with Crippen LogP contribution in [0.5, 0.6) is 5.75 Å². The summed E-state index contributed by atoms with van der Waals surface area (Å²) >= 11 is 3.40. The first-order chi connectivity index (χ1) is 7.04. The van der Waals surface area contributed by atoms with Gasteiger partial charge in [0.05, 0.1) is 6.10 Å². The van der Waals surface area contributed by atoms with Crippen molar-refractivity contribution in [3.8, 4) is 5.75 Å². The molecule has 1 aliphatic rings. The first-order valence-electron chi connectivity index (χ1n) is 5.20. The minimum absolute atomic E-state index is 0.236. The van der Waals surface area contributed by atoms with Crippen LogP contribution in [0.3, 0.4) is 0 Å². The largest absolute Gasteiger partial charge is 0.487 e. The molecule has 0 fully saturated rings. The predicted octanol–water partition coefficient (Wildman–Crippen LogP) is 3.43. The van der Waals surface area contributed by atoms with Gasteiger partial charge in [0.25, 0.3) is 0 Å². The fourth-order valence-electron chi connectivity index (χ4n) is 1.92. The van der Waals surface area contributed by atoms with E-state index in [1.807, 2.05) is 25.1 Å². The average molecular weight is 271 g/mol. The third-order valence-corrected chi connectivity index (χ3v) is 3.55. The second kappa shape index (κ2) is 3.80. The molecule has 1 heterocycles. The Bertz CT molecular complexity index is 378. The van der Waals surface area contributed by atoms with Crippen LogP contribution in [0, 0.1) is 0 Å². The van der Waals surface area contributed by atoms with Crippen molar-refractivity contribution in [1.29, 1.82) is 0 Å². The predicted molar refractivity (Wildman–Crippen MR) is 63.0 cm³/mol. The van der Waals surface area contributed by atoms with Crippen LogP contribution < -0.4 is 4.74 Å². The van der Waals surface area contributed by atoms with Gasteiger partial charge in [-0.25, -0.2) is 0 Å². The van der Waals surface area contributed by atoms with E-state index >= 15 is 0 Å². The van der Waals surface area contributed by atoms with Crippen molar-refractivity contribution in [3.05, 3.63) is 28.2 Å². The Morgan fingerprint density at radius 1 is 1.60 bits per heavy atom. The van der Waals surface area contributed by atoms with Gasteiger partial charge >= 0.3 is 0 Å². The van der Waals surface area contributed by atoms with E-state index in [1.54, 1.807) is 0 Å². The summed E-state index contributed by atoms with van der Waals surface area (Å²) in [5, 5.41) is 10.1. The van der Waals surface area contributed by atoms with Crippen LogP contribution in [0.2, 0.25) is 0 Å². The standard InChI is InChI=1S/C12H15BrO2/c1-3-12(2)7-10(14)9-6-8(13)4-5-11(9)15-12/h4-6,10,14H,3,7H2,1-2H3. The number of hydrogen-bond acceptors (Lipinski definition) is 2. The Morgan fingerprint density at radius 3 is 3.00 bits per heavy atom. The Labute approximate surface area is 98.4 Å². The van der Waals surface area contributed by atoms with Crippen molar-refractivity contribution in [3.63, 3.8) is 0 Å². The normalized spacial score (nSPS) is 29.5. The van der Waals surface area contributed by atoms with Crippen LogP contribution in [0.4, 0.5) is 0 Å². The van der Waals surface area contributed by atoms with E-state index in [0.717, 1.165) is 22.2 Å². The third kappa shape index (κ3) is 2.04. The van der Waals surface area contributed by atoms with E-state index in [1.165, 1.54) is 0 Å². The lowest BCUT2D eigenvalue weighted by Crippen LogP contribution is -2.37. The fraction of sp³-hybridized carbons (Fsp3) is 0.500. The van der Waals surface area contributed by atoms with Gasteiger partial charge in [0.2, 0.25) is 0 Å². The number of fused-ring (bicyclic) bond motifs is 1. The Balaban J connectivity index is 2.41.